The van der Waals surface area contributed by atoms with Crippen molar-refractivity contribution in [3.63, 3.8) is 0 Å². The van der Waals surface area contributed by atoms with E-state index in [1.807, 2.05) is 0 Å². The van der Waals surface area contributed by atoms with Crippen molar-refractivity contribution < 1.29 is 23.5 Å². The van der Waals surface area contributed by atoms with Crippen LogP contribution >= 0.6 is 11.6 Å². The highest BCUT2D eigenvalue weighted by Crippen LogP contribution is 2.23. The number of nitrogens with one attached hydrogen (secondary N) is 1. The van der Waals surface area contributed by atoms with Crippen molar-refractivity contribution in [3.05, 3.63) is 64.2 Å². The van der Waals surface area contributed by atoms with Crippen LogP contribution in [0.3, 0.4) is 0 Å². The number of carboxylic acids is 1. The average Bonchev–Trinajstić information content (AvgIpc) is 2.41. The van der Waals surface area contributed by atoms with Gasteiger partial charge in [-0.3, -0.25) is 4.79 Å². The number of carbonyl (C=O) groups excluding carboxylic acids is 1. The summed E-state index contributed by atoms with van der Waals surface area (Å²) < 4.78 is 26.5. The van der Waals surface area contributed by atoms with Crippen LogP contribution in [0.15, 0.2) is 36.4 Å². The summed E-state index contributed by atoms with van der Waals surface area (Å²) in [5.74, 6) is -3.69. The molecular weight excluding hydrogens is 304 g/mol. The van der Waals surface area contributed by atoms with Crippen LogP contribution in [-0.4, -0.2) is 17.0 Å². The Kier molecular flexibility index (Phi) is 4.18. The molecule has 0 atom stereocenters. The first-order valence-electron chi connectivity index (χ1n) is 5.68. The maximum absolute atomic E-state index is 13.3. The fourth-order valence-corrected chi connectivity index (χ4v) is 1.89. The topological polar surface area (TPSA) is 66.4 Å². The summed E-state index contributed by atoms with van der Waals surface area (Å²) in [7, 11) is 0. The monoisotopic (exact) mass is 311 g/mol. The Hall–Kier alpha value is -2.47. The van der Waals surface area contributed by atoms with Gasteiger partial charge in [-0.25, -0.2) is 13.6 Å². The highest BCUT2D eigenvalue weighted by Gasteiger charge is 2.17. The number of anilines is 1. The molecule has 0 heterocycles. The van der Waals surface area contributed by atoms with Gasteiger partial charge in [0.1, 0.15) is 11.6 Å². The molecule has 0 aromatic heterocycles. The van der Waals surface area contributed by atoms with Gasteiger partial charge in [0.2, 0.25) is 0 Å². The predicted octanol–water partition coefficient (Wildman–Crippen LogP) is 3.57. The van der Waals surface area contributed by atoms with Crippen molar-refractivity contribution in [3.8, 4) is 0 Å². The van der Waals surface area contributed by atoms with Crippen LogP contribution < -0.4 is 5.32 Å². The van der Waals surface area contributed by atoms with E-state index in [-0.39, 0.29) is 16.8 Å². The lowest BCUT2D eigenvalue weighted by molar-refractivity contribution is 0.0698. The number of hydrogen-bond donors (Lipinski definition) is 2. The molecule has 0 aliphatic rings. The molecule has 0 spiro atoms. The summed E-state index contributed by atoms with van der Waals surface area (Å²) in [6, 6.07) is 6.44. The molecule has 0 fully saturated rings. The summed E-state index contributed by atoms with van der Waals surface area (Å²) in [4.78, 5) is 23.0. The normalized spacial score (nSPS) is 10.2. The van der Waals surface area contributed by atoms with Gasteiger partial charge in [-0.05, 0) is 30.3 Å². The Balaban J connectivity index is 2.38. The van der Waals surface area contributed by atoms with E-state index in [0.29, 0.717) is 0 Å². The van der Waals surface area contributed by atoms with Gasteiger partial charge >= 0.3 is 5.97 Å². The molecular formula is C14H8ClF2NO3. The van der Waals surface area contributed by atoms with E-state index in [4.69, 9.17) is 16.7 Å². The van der Waals surface area contributed by atoms with Gasteiger partial charge in [-0.15, -0.1) is 0 Å². The molecule has 0 saturated heterocycles. The van der Waals surface area contributed by atoms with Gasteiger partial charge in [-0.2, -0.15) is 0 Å². The zero-order valence-corrected chi connectivity index (χ0v) is 11.1. The number of carboxylic acid groups (broad SMARTS) is 1. The molecule has 2 aromatic rings. The Morgan fingerprint density at radius 1 is 1.10 bits per heavy atom. The predicted molar refractivity (Wildman–Crippen MR) is 72.7 cm³/mol. The van der Waals surface area contributed by atoms with Gasteiger partial charge < -0.3 is 10.4 Å². The molecule has 108 valence electrons. The fraction of sp³-hybridized carbons (Fsp3) is 0. The SMILES string of the molecule is O=C(O)c1ccc(F)cc1NC(=O)c1cccc(F)c1Cl. The van der Waals surface area contributed by atoms with Crippen LogP contribution in [0.25, 0.3) is 0 Å². The fourth-order valence-electron chi connectivity index (χ4n) is 1.68. The number of aromatic carboxylic acids is 1. The summed E-state index contributed by atoms with van der Waals surface area (Å²) in [5.41, 5.74) is -0.720. The van der Waals surface area contributed by atoms with Crippen molar-refractivity contribution in [2.24, 2.45) is 0 Å². The van der Waals surface area contributed by atoms with Gasteiger partial charge in [0.15, 0.2) is 0 Å². The number of halogens is 3. The van der Waals surface area contributed by atoms with Gasteiger partial charge in [0, 0.05) is 0 Å². The molecule has 0 aliphatic heterocycles. The molecule has 0 saturated carbocycles. The lowest BCUT2D eigenvalue weighted by Crippen LogP contribution is -2.16. The van der Waals surface area contributed by atoms with Crippen LogP contribution in [0.5, 0.6) is 0 Å². The molecule has 2 rings (SSSR count). The molecule has 7 heteroatoms. The first-order chi connectivity index (χ1) is 9.90. The van der Waals surface area contributed by atoms with Gasteiger partial charge in [0.25, 0.3) is 5.91 Å². The minimum absolute atomic E-state index is 0.183. The average molecular weight is 312 g/mol. The Bertz CT molecular complexity index is 734. The number of rotatable bonds is 3. The second kappa shape index (κ2) is 5.88. The van der Waals surface area contributed by atoms with Gasteiger partial charge in [-0.1, -0.05) is 17.7 Å². The van der Waals surface area contributed by atoms with E-state index in [0.717, 1.165) is 24.3 Å². The second-order valence-corrected chi connectivity index (χ2v) is 4.43. The summed E-state index contributed by atoms with van der Waals surface area (Å²) in [6.45, 7) is 0. The minimum atomic E-state index is -1.34. The second-order valence-electron chi connectivity index (χ2n) is 4.05. The molecule has 2 N–H and O–H groups in total. The van der Waals surface area contributed by atoms with Crippen LogP contribution in [0.4, 0.5) is 14.5 Å². The number of carbonyl (C=O) groups is 2. The van der Waals surface area contributed by atoms with Gasteiger partial charge in [0.05, 0.1) is 21.8 Å². The first kappa shape index (κ1) is 14.9. The maximum Gasteiger partial charge on any atom is 0.337 e. The van der Waals surface area contributed by atoms with Crippen molar-refractivity contribution in [2.45, 2.75) is 0 Å². The molecule has 0 unspecified atom stereocenters. The van der Waals surface area contributed by atoms with Crippen LogP contribution in [0.1, 0.15) is 20.7 Å². The van der Waals surface area contributed by atoms with E-state index in [1.54, 1.807) is 0 Å². The molecule has 0 radical (unpaired) electrons. The third kappa shape index (κ3) is 3.17. The van der Waals surface area contributed by atoms with E-state index >= 15 is 0 Å². The minimum Gasteiger partial charge on any atom is -0.478 e. The number of amides is 1. The Morgan fingerprint density at radius 2 is 1.81 bits per heavy atom. The Labute approximate surface area is 123 Å². The zero-order chi connectivity index (χ0) is 15.6. The quantitative estimate of drug-likeness (QED) is 0.910. The van der Waals surface area contributed by atoms with E-state index < -0.39 is 28.5 Å². The van der Waals surface area contributed by atoms with Crippen molar-refractivity contribution in [1.82, 2.24) is 0 Å². The first-order valence-corrected chi connectivity index (χ1v) is 6.06. The molecule has 2 aromatic carbocycles. The molecule has 4 nitrogen and oxygen atoms in total. The molecule has 1 amide bonds. The Morgan fingerprint density at radius 3 is 2.48 bits per heavy atom. The van der Waals surface area contributed by atoms with E-state index in [9.17, 15) is 18.4 Å². The molecule has 21 heavy (non-hydrogen) atoms. The standard InChI is InChI=1S/C14H8ClF2NO3/c15-12-9(2-1-3-10(12)17)13(19)18-11-6-7(16)4-5-8(11)14(20)21/h1-6H,(H,18,19)(H,20,21). The number of hydrogen-bond acceptors (Lipinski definition) is 2. The van der Waals surface area contributed by atoms with Crippen molar-refractivity contribution in [1.29, 1.82) is 0 Å². The third-order valence-corrected chi connectivity index (χ3v) is 3.04. The largest absolute Gasteiger partial charge is 0.478 e. The van der Waals surface area contributed by atoms with Crippen molar-refractivity contribution in [2.75, 3.05) is 5.32 Å². The smallest absolute Gasteiger partial charge is 0.337 e. The molecule has 0 bridgehead atoms. The molecule has 0 aliphatic carbocycles. The lowest BCUT2D eigenvalue weighted by atomic mass is 10.1. The summed E-state index contributed by atoms with van der Waals surface area (Å²) >= 11 is 5.66. The number of benzene rings is 2. The summed E-state index contributed by atoms with van der Waals surface area (Å²) in [5, 5.41) is 10.8. The maximum atomic E-state index is 13.3. The van der Waals surface area contributed by atoms with E-state index in [1.165, 1.54) is 12.1 Å². The van der Waals surface area contributed by atoms with Crippen LogP contribution in [0, 0.1) is 11.6 Å². The van der Waals surface area contributed by atoms with Crippen LogP contribution in [0.2, 0.25) is 5.02 Å². The highest BCUT2D eigenvalue weighted by molar-refractivity contribution is 6.34. The van der Waals surface area contributed by atoms with E-state index in [2.05, 4.69) is 5.32 Å². The third-order valence-electron chi connectivity index (χ3n) is 2.66. The van der Waals surface area contributed by atoms with Crippen molar-refractivity contribution >= 4 is 29.2 Å². The van der Waals surface area contributed by atoms with Crippen LogP contribution in [-0.2, 0) is 0 Å². The highest BCUT2D eigenvalue weighted by atomic mass is 35.5. The lowest BCUT2D eigenvalue weighted by Gasteiger charge is -2.10. The zero-order valence-electron chi connectivity index (χ0n) is 10.4. The summed E-state index contributed by atoms with van der Waals surface area (Å²) in [6.07, 6.45) is 0.